The lowest BCUT2D eigenvalue weighted by molar-refractivity contribution is -0.124. The maximum Gasteiger partial charge on any atom is 0.161 e. The van der Waals surface area contributed by atoms with Crippen LogP contribution in [0, 0.1) is 0 Å². The molecule has 18 heavy (non-hydrogen) atoms. The molecule has 1 atom stereocenters. The third-order valence-electron chi connectivity index (χ3n) is 3.03. The Morgan fingerprint density at radius 1 is 1.28 bits per heavy atom. The number of hydroxylamine groups is 1. The third kappa shape index (κ3) is 2.22. The summed E-state index contributed by atoms with van der Waals surface area (Å²) in [4.78, 5) is 18.4. The van der Waals surface area contributed by atoms with Crippen LogP contribution in [0.3, 0.4) is 0 Å². The molecule has 0 fully saturated rings. The number of nitrogens with one attached hydrogen (secondary N) is 1. The Labute approximate surface area is 109 Å². The number of hydrogen-bond acceptors (Lipinski definition) is 4. The van der Waals surface area contributed by atoms with Crippen molar-refractivity contribution in [3.05, 3.63) is 57.8 Å². The van der Waals surface area contributed by atoms with Gasteiger partial charge in [-0.2, -0.15) is 5.48 Å². The second kappa shape index (κ2) is 5.02. The number of fused-ring (bicyclic) bond motifs is 1. The summed E-state index contributed by atoms with van der Waals surface area (Å²) in [5, 5.41) is 2.02. The van der Waals surface area contributed by atoms with Crippen LogP contribution in [0.1, 0.15) is 22.0 Å². The number of ketones is 1. The highest BCUT2D eigenvalue weighted by molar-refractivity contribution is 7.10. The van der Waals surface area contributed by atoms with E-state index < -0.39 is 0 Å². The molecule has 4 heteroatoms. The van der Waals surface area contributed by atoms with E-state index >= 15 is 0 Å². The predicted octanol–water partition coefficient (Wildman–Crippen LogP) is 2.64. The van der Waals surface area contributed by atoms with Gasteiger partial charge in [-0.25, -0.2) is 0 Å². The lowest BCUT2D eigenvalue weighted by Gasteiger charge is -2.11. The SMILES string of the molecule is O=C1Cc2sccc2C1NOCc1ccccc1. The lowest BCUT2D eigenvalue weighted by atomic mass is 10.2. The zero-order valence-corrected chi connectivity index (χ0v) is 10.6. The average molecular weight is 259 g/mol. The molecular formula is C14H13NO2S. The highest BCUT2D eigenvalue weighted by Gasteiger charge is 2.31. The Kier molecular flexibility index (Phi) is 3.23. The van der Waals surface area contributed by atoms with E-state index in [1.807, 2.05) is 41.8 Å². The minimum absolute atomic E-state index is 0.185. The maximum absolute atomic E-state index is 11.8. The number of carbonyl (C=O) groups is 1. The molecule has 0 bridgehead atoms. The molecule has 0 amide bonds. The minimum Gasteiger partial charge on any atom is -0.297 e. The number of rotatable bonds is 4. The van der Waals surface area contributed by atoms with E-state index in [0.29, 0.717) is 13.0 Å². The summed E-state index contributed by atoms with van der Waals surface area (Å²) >= 11 is 1.63. The van der Waals surface area contributed by atoms with Crippen LogP contribution in [0.2, 0.25) is 0 Å². The summed E-state index contributed by atoms with van der Waals surface area (Å²) in [6, 6.07) is 11.6. The van der Waals surface area contributed by atoms with Gasteiger partial charge < -0.3 is 0 Å². The molecule has 1 aromatic heterocycles. The summed E-state index contributed by atoms with van der Waals surface area (Å²) in [5.41, 5.74) is 5.03. The van der Waals surface area contributed by atoms with Gasteiger partial charge in [-0.15, -0.1) is 11.3 Å². The molecule has 92 valence electrons. The number of carbonyl (C=O) groups excluding carboxylic acids is 1. The second-order valence-corrected chi connectivity index (χ2v) is 5.27. The molecule has 3 nitrogen and oxygen atoms in total. The van der Waals surface area contributed by atoms with Gasteiger partial charge in [-0.05, 0) is 22.6 Å². The van der Waals surface area contributed by atoms with Gasteiger partial charge in [0.05, 0.1) is 6.61 Å². The highest BCUT2D eigenvalue weighted by Crippen LogP contribution is 2.32. The van der Waals surface area contributed by atoms with Crippen molar-refractivity contribution in [3.8, 4) is 0 Å². The molecule has 2 aromatic rings. The van der Waals surface area contributed by atoms with E-state index in [1.54, 1.807) is 11.3 Å². The lowest BCUT2D eigenvalue weighted by Crippen LogP contribution is -2.25. The fourth-order valence-electron chi connectivity index (χ4n) is 2.10. The quantitative estimate of drug-likeness (QED) is 0.858. The zero-order valence-electron chi connectivity index (χ0n) is 9.76. The normalized spacial score (nSPS) is 18.0. The summed E-state index contributed by atoms with van der Waals surface area (Å²) in [7, 11) is 0. The van der Waals surface area contributed by atoms with Gasteiger partial charge in [0.15, 0.2) is 5.78 Å². The van der Waals surface area contributed by atoms with Crippen molar-refractivity contribution in [1.29, 1.82) is 0 Å². The number of hydrogen-bond donors (Lipinski definition) is 1. The van der Waals surface area contributed by atoms with Gasteiger partial charge in [0.2, 0.25) is 0 Å². The second-order valence-electron chi connectivity index (χ2n) is 4.27. The van der Waals surface area contributed by atoms with Crippen molar-refractivity contribution in [3.63, 3.8) is 0 Å². The molecular weight excluding hydrogens is 246 g/mol. The van der Waals surface area contributed by atoms with Gasteiger partial charge in [0.25, 0.3) is 0 Å². The molecule has 0 saturated carbocycles. The first-order valence-corrected chi connectivity index (χ1v) is 6.73. The van der Waals surface area contributed by atoms with E-state index in [0.717, 1.165) is 16.0 Å². The van der Waals surface area contributed by atoms with Gasteiger partial charge in [0.1, 0.15) is 6.04 Å². The van der Waals surface area contributed by atoms with Crippen molar-refractivity contribution in [2.24, 2.45) is 0 Å². The summed E-state index contributed by atoms with van der Waals surface area (Å²) in [6.07, 6.45) is 0.527. The molecule has 0 aliphatic heterocycles. The van der Waals surface area contributed by atoms with E-state index in [2.05, 4.69) is 5.48 Å². The van der Waals surface area contributed by atoms with Gasteiger partial charge in [-0.1, -0.05) is 30.3 Å². The van der Waals surface area contributed by atoms with E-state index in [9.17, 15) is 4.79 Å². The molecule has 0 radical (unpaired) electrons. The van der Waals surface area contributed by atoms with Crippen LogP contribution in [-0.2, 0) is 22.7 Å². The van der Waals surface area contributed by atoms with E-state index in [1.165, 1.54) is 0 Å². The largest absolute Gasteiger partial charge is 0.297 e. The Bertz CT molecular complexity index is 550. The maximum atomic E-state index is 11.8. The number of Topliss-reactive ketones (excluding diaryl/α,β-unsaturated/α-hetero) is 1. The molecule has 3 rings (SSSR count). The number of thiophene rings is 1. The van der Waals surface area contributed by atoms with Crippen molar-refractivity contribution < 1.29 is 9.63 Å². The Hall–Kier alpha value is -1.49. The molecule has 1 aliphatic rings. The molecule has 1 N–H and O–H groups in total. The highest BCUT2D eigenvalue weighted by atomic mass is 32.1. The van der Waals surface area contributed by atoms with Gasteiger partial charge >= 0.3 is 0 Å². The van der Waals surface area contributed by atoms with Crippen LogP contribution in [0.4, 0.5) is 0 Å². The standard InChI is InChI=1S/C14H13NO2S/c16-12-8-13-11(6-7-18-13)14(12)15-17-9-10-4-2-1-3-5-10/h1-7,14-15H,8-9H2. The molecule has 0 saturated heterocycles. The molecule has 1 unspecified atom stereocenters. The predicted molar refractivity (Wildman–Crippen MR) is 70.1 cm³/mol. The van der Waals surface area contributed by atoms with Crippen LogP contribution >= 0.6 is 11.3 Å². The van der Waals surface area contributed by atoms with Crippen LogP contribution in [0.25, 0.3) is 0 Å². The first kappa shape index (κ1) is 11.6. The molecule has 1 heterocycles. The topological polar surface area (TPSA) is 38.3 Å². The minimum atomic E-state index is -0.296. The van der Waals surface area contributed by atoms with Crippen molar-refractivity contribution in [1.82, 2.24) is 5.48 Å². The summed E-state index contributed by atoms with van der Waals surface area (Å²) in [6.45, 7) is 0.462. The molecule has 1 aromatic carbocycles. The zero-order chi connectivity index (χ0) is 12.4. The molecule has 1 aliphatic carbocycles. The summed E-state index contributed by atoms with van der Waals surface area (Å²) < 4.78 is 0. The average Bonchev–Trinajstić information content (AvgIpc) is 2.93. The van der Waals surface area contributed by atoms with Gasteiger partial charge in [-0.3, -0.25) is 9.63 Å². The van der Waals surface area contributed by atoms with Crippen LogP contribution in [0.15, 0.2) is 41.8 Å². The Morgan fingerprint density at radius 2 is 2.11 bits per heavy atom. The summed E-state index contributed by atoms with van der Waals surface area (Å²) in [5.74, 6) is 0.185. The van der Waals surface area contributed by atoms with Crippen molar-refractivity contribution in [2.45, 2.75) is 19.1 Å². The fourth-order valence-corrected chi connectivity index (χ4v) is 3.02. The van der Waals surface area contributed by atoms with Crippen molar-refractivity contribution >= 4 is 17.1 Å². The van der Waals surface area contributed by atoms with Crippen molar-refractivity contribution in [2.75, 3.05) is 0 Å². The fraction of sp³-hybridized carbons (Fsp3) is 0.214. The van der Waals surface area contributed by atoms with Crippen LogP contribution in [0.5, 0.6) is 0 Å². The van der Waals surface area contributed by atoms with Gasteiger partial charge in [0, 0.05) is 11.3 Å². The Balaban J connectivity index is 1.60. The Morgan fingerprint density at radius 3 is 2.94 bits per heavy atom. The number of benzene rings is 1. The van der Waals surface area contributed by atoms with Crippen LogP contribution < -0.4 is 5.48 Å². The first-order chi connectivity index (χ1) is 8.84. The molecule has 0 spiro atoms. The van der Waals surface area contributed by atoms with E-state index in [-0.39, 0.29) is 11.8 Å². The first-order valence-electron chi connectivity index (χ1n) is 5.85. The third-order valence-corrected chi connectivity index (χ3v) is 3.97. The smallest absolute Gasteiger partial charge is 0.161 e. The van der Waals surface area contributed by atoms with Crippen LogP contribution in [-0.4, -0.2) is 5.78 Å². The monoisotopic (exact) mass is 259 g/mol. The van der Waals surface area contributed by atoms with E-state index in [4.69, 9.17) is 4.84 Å².